The van der Waals surface area contributed by atoms with Crippen LogP contribution in [0.1, 0.15) is 32.6 Å². The molecule has 1 amide bonds. The molecule has 0 bridgehead atoms. The minimum absolute atomic E-state index is 0.0288. The van der Waals surface area contributed by atoms with Crippen molar-refractivity contribution in [2.75, 3.05) is 19.6 Å². The highest BCUT2D eigenvalue weighted by molar-refractivity contribution is 5.79. The Morgan fingerprint density at radius 3 is 2.68 bits per heavy atom. The number of piperazine rings is 1. The van der Waals surface area contributed by atoms with E-state index in [1.165, 1.54) is 0 Å². The maximum Gasteiger partial charge on any atom is 0.391 e. The van der Waals surface area contributed by atoms with Gasteiger partial charge in [0.1, 0.15) is 0 Å². The normalized spacial score (nSPS) is 33.3. The number of alkyl halides is 3. The van der Waals surface area contributed by atoms with E-state index >= 15 is 0 Å². The van der Waals surface area contributed by atoms with E-state index in [-0.39, 0.29) is 24.8 Å². The summed E-state index contributed by atoms with van der Waals surface area (Å²) in [6.45, 7) is 3.99. The molecule has 19 heavy (non-hydrogen) atoms. The van der Waals surface area contributed by atoms with Gasteiger partial charge >= 0.3 is 6.18 Å². The van der Waals surface area contributed by atoms with Gasteiger partial charge in [0, 0.05) is 31.6 Å². The van der Waals surface area contributed by atoms with Gasteiger partial charge in [0.15, 0.2) is 0 Å². The highest BCUT2D eigenvalue weighted by Crippen LogP contribution is 2.40. The fraction of sp³-hybridized carbons (Fsp3) is 0.923. The monoisotopic (exact) mass is 278 g/mol. The van der Waals surface area contributed by atoms with E-state index in [4.69, 9.17) is 0 Å². The summed E-state index contributed by atoms with van der Waals surface area (Å²) in [6, 6.07) is 0.0764. The predicted octanol–water partition coefficient (Wildman–Crippen LogP) is 2.18. The lowest BCUT2D eigenvalue weighted by Crippen LogP contribution is -2.54. The smallest absolute Gasteiger partial charge is 0.337 e. The zero-order valence-corrected chi connectivity index (χ0v) is 11.2. The first-order chi connectivity index (χ1) is 8.89. The van der Waals surface area contributed by atoms with E-state index in [9.17, 15) is 18.0 Å². The second kappa shape index (κ2) is 5.69. The van der Waals surface area contributed by atoms with E-state index in [2.05, 4.69) is 5.32 Å². The molecule has 3 atom stereocenters. The molecule has 1 aliphatic heterocycles. The molecule has 1 heterocycles. The number of halogens is 3. The average molecular weight is 278 g/mol. The second-order valence-corrected chi connectivity index (χ2v) is 5.69. The third kappa shape index (κ3) is 3.41. The lowest BCUT2D eigenvalue weighted by atomic mass is 9.80. The van der Waals surface area contributed by atoms with E-state index in [1.807, 2.05) is 6.92 Å². The average Bonchev–Trinajstić information content (AvgIpc) is 2.38. The number of nitrogens with one attached hydrogen (secondary N) is 1. The standard InChI is InChI=1S/C13H21F3N2O/c1-9-8-17-5-6-18(9)12(19)10-3-2-4-11(7-10)13(14,15)16/h9-11,17H,2-8H2,1H3/t9-,10?,11?/m1/s1. The summed E-state index contributed by atoms with van der Waals surface area (Å²) in [5, 5.41) is 3.18. The zero-order chi connectivity index (χ0) is 14.0. The quantitative estimate of drug-likeness (QED) is 0.797. The van der Waals surface area contributed by atoms with Crippen molar-refractivity contribution in [2.24, 2.45) is 11.8 Å². The van der Waals surface area contributed by atoms with Crippen molar-refractivity contribution in [3.8, 4) is 0 Å². The highest BCUT2D eigenvalue weighted by atomic mass is 19.4. The Kier molecular flexibility index (Phi) is 4.38. The van der Waals surface area contributed by atoms with Crippen LogP contribution in [0.5, 0.6) is 0 Å². The van der Waals surface area contributed by atoms with E-state index in [0.717, 1.165) is 13.1 Å². The van der Waals surface area contributed by atoms with Crippen LogP contribution < -0.4 is 5.32 Å². The Morgan fingerprint density at radius 1 is 1.32 bits per heavy atom. The molecule has 1 N–H and O–H groups in total. The van der Waals surface area contributed by atoms with E-state index < -0.39 is 18.0 Å². The lowest BCUT2D eigenvalue weighted by molar-refractivity contribution is -0.187. The molecule has 1 saturated heterocycles. The maximum absolute atomic E-state index is 12.8. The van der Waals surface area contributed by atoms with E-state index in [0.29, 0.717) is 19.4 Å². The highest BCUT2D eigenvalue weighted by Gasteiger charge is 2.44. The zero-order valence-electron chi connectivity index (χ0n) is 11.2. The third-order valence-corrected chi connectivity index (χ3v) is 4.27. The first-order valence-corrected chi connectivity index (χ1v) is 6.97. The van der Waals surface area contributed by atoms with Crippen molar-refractivity contribution in [2.45, 2.75) is 44.8 Å². The minimum atomic E-state index is -4.16. The van der Waals surface area contributed by atoms with Crippen LogP contribution in [0.2, 0.25) is 0 Å². The predicted molar refractivity (Wildman–Crippen MR) is 65.5 cm³/mol. The van der Waals surface area contributed by atoms with Gasteiger partial charge in [-0.05, 0) is 26.2 Å². The molecule has 110 valence electrons. The number of carbonyl (C=O) groups is 1. The minimum Gasteiger partial charge on any atom is -0.337 e. The number of carbonyl (C=O) groups excluding carboxylic acids is 1. The molecule has 0 aromatic rings. The summed E-state index contributed by atoms with van der Waals surface area (Å²) in [5.74, 6) is -1.82. The number of nitrogens with zero attached hydrogens (tertiary/aromatic N) is 1. The van der Waals surface area contributed by atoms with Gasteiger partial charge in [-0.25, -0.2) is 0 Å². The molecule has 0 spiro atoms. The number of hydrogen-bond donors (Lipinski definition) is 1. The molecular weight excluding hydrogens is 257 g/mol. The summed E-state index contributed by atoms with van der Waals surface area (Å²) >= 11 is 0. The van der Waals surface area contributed by atoms with E-state index in [1.54, 1.807) is 4.90 Å². The van der Waals surface area contributed by atoms with Gasteiger partial charge < -0.3 is 10.2 Å². The Bertz CT molecular complexity index is 332. The van der Waals surface area contributed by atoms with Crippen molar-refractivity contribution in [1.29, 1.82) is 0 Å². The van der Waals surface area contributed by atoms with Gasteiger partial charge in [0.25, 0.3) is 0 Å². The Labute approximate surface area is 111 Å². The Hall–Kier alpha value is -0.780. The van der Waals surface area contributed by atoms with Crippen LogP contribution in [0.25, 0.3) is 0 Å². The van der Waals surface area contributed by atoms with Gasteiger partial charge in [-0.1, -0.05) is 6.42 Å². The molecule has 6 heteroatoms. The summed E-state index contributed by atoms with van der Waals surface area (Å²) in [5.41, 5.74) is 0. The van der Waals surface area contributed by atoms with Crippen LogP contribution in [0.4, 0.5) is 13.2 Å². The van der Waals surface area contributed by atoms with Crippen LogP contribution in [0.3, 0.4) is 0 Å². The summed E-state index contributed by atoms with van der Waals surface area (Å²) < 4.78 is 38.3. The SMILES string of the molecule is C[C@@H]1CNCCN1C(=O)C1CCCC(C(F)(F)F)C1. The van der Waals surface area contributed by atoms with Crippen molar-refractivity contribution in [1.82, 2.24) is 10.2 Å². The number of rotatable bonds is 1. The molecule has 2 aliphatic rings. The topological polar surface area (TPSA) is 32.3 Å². The molecule has 0 aromatic carbocycles. The van der Waals surface area contributed by atoms with Crippen LogP contribution in [0.15, 0.2) is 0 Å². The molecule has 1 saturated carbocycles. The Balaban J connectivity index is 1.98. The van der Waals surface area contributed by atoms with Gasteiger partial charge in [0.2, 0.25) is 5.91 Å². The summed E-state index contributed by atoms with van der Waals surface area (Å²) in [6.07, 6.45) is -2.92. The first-order valence-electron chi connectivity index (χ1n) is 6.97. The van der Waals surface area contributed by atoms with Crippen LogP contribution >= 0.6 is 0 Å². The fourth-order valence-electron chi connectivity index (χ4n) is 3.11. The molecule has 2 unspecified atom stereocenters. The van der Waals surface area contributed by atoms with Crippen LogP contribution in [-0.2, 0) is 4.79 Å². The summed E-state index contributed by atoms with van der Waals surface area (Å²) in [7, 11) is 0. The lowest BCUT2D eigenvalue weighted by Gasteiger charge is -2.38. The molecule has 2 fully saturated rings. The number of hydrogen-bond acceptors (Lipinski definition) is 2. The first kappa shape index (κ1) is 14.6. The molecular formula is C13H21F3N2O. The third-order valence-electron chi connectivity index (χ3n) is 4.27. The van der Waals surface area contributed by atoms with Gasteiger partial charge in [-0.2, -0.15) is 13.2 Å². The molecule has 3 nitrogen and oxygen atoms in total. The van der Waals surface area contributed by atoms with Crippen molar-refractivity contribution < 1.29 is 18.0 Å². The van der Waals surface area contributed by atoms with Crippen molar-refractivity contribution in [3.63, 3.8) is 0 Å². The summed E-state index contributed by atoms with van der Waals surface area (Å²) in [4.78, 5) is 14.1. The van der Waals surface area contributed by atoms with Crippen LogP contribution in [0, 0.1) is 11.8 Å². The fourth-order valence-corrected chi connectivity index (χ4v) is 3.11. The van der Waals surface area contributed by atoms with Crippen LogP contribution in [-0.4, -0.2) is 42.7 Å². The van der Waals surface area contributed by atoms with Crippen molar-refractivity contribution >= 4 is 5.91 Å². The Morgan fingerprint density at radius 2 is 2.05 bits per heavy atom. The maximum atomic E-state index is 12.8. The van der Waals surface area contributed by atoms with Crippen molar-refractivity contribution in [3.05, 3.63) is 0 Å². The molecule has 2 rings (SSSR count). The van der Waals surface area contributed by atoms with Gasteiger partial charge in [-0.15, -0.1) is 0 Å². The molecule has 0 aromatic heterocycles. The van der Waals surface area contributed by atoms with Gasteiger partial charge in [-0.3, -0.25) is 4.79 Å². The van der Waals surface area contributed by atoms with Gasteiger partial charge in [0.05, 0.1) is 5.92 Å². The molecule has 0 radical (unpaired) electrons. The molecule has 1 aliphatic carbocycles. The number of amides is 1. The second-order valence-electron chi connectivity index (χ2n) is 5.69. The largest absolute Gasteiger partial charge is 0.391 e.